The number of nitrogens with one attached hydrogen (secondary N) is 1. The van der Waals surface area contributed by atoms with Crippen LogP contribution in [0.1, 0.15) is 40.5 Å². The molecule has 3 aromatic rings. The summed E-state index contributed by atoms with van der Waals surface area (Å²) in [5.41, 5.74) is 3.11. The molecule has 0 spiro atoms. The van der Waals surface area contributed by atoms with Gasteiger partial charge in [-0.3, -0.25) is 9.69 Å². The molecule has 1 N–H and O–H groups in total. The molecule has 6 heteroatoms. The topological polar surface area (TPSA) is 50.2 Å². The van der Waals surface area contributed by atoms with Crippen molar-refractivity contribution in [2.75, 3.05) is 19.6 Å². The van der Waals surface area contributed by atoms with E-state index in [0.29, 0.717) is 23.0 Å². The fraction of sp³-hybridized carbons (Fsp3) is 0.304. The van der Waals surface area contributed by atoms with E-state index in [2.05, 4.69) is 27.4 Å². The number of halogens is 1. The summed E-state index contributed by atoms with van der Waals surface area (Å²) in [5, 5.41) is 7.92. The van der Waals surface area contributed by atoms with Crippen molar-refractivity contribution in [1.82, 2.24) is 20.0 Å². The van der Waals surface area contributed by atoms with Gasteiger partial charge in [0, 0.05) is 6.54 Å². The molecular weight excluding hydrogens is 384 g/mol. The van der Waals surface area contributed by atoms with Gasteiger partial charge in [0.1, 0.15) is 5.15 Å². The van der Waals surface area contributed by atoms with Crippen LogP contribution in [-0.2, 0) is 0 Å². The minimum atomic E-state index is -0.185. The van der Waals surface area contributed by atoms with Crippen LogP contribution in [-0.4, -0.2) is 40.2 Å². The third kappa shape index (κ3) is 4.21. The number of benzene rings is 2. The highest BCUT2D eigenvalue weighted by Gasteiger charge is 2.26. The third-order valence-corrected chi connectivity index (χ3v) is 5.80. The number of carbonyl (C=O) groups excluding carboxylic acids is 1. The zero-order valence-electron chi connectivity index (χ0n) is 16.5. The maximum atomic E-state index is 13.0. The normalized spacial score (nSPS) is 15.4. The Hall–Kier alpha value is -2.63. The summed E-state index contributed by atoms with van der Waals surface area (Å²) in [7, 11) is 0. The largest absolute Gasteiger partial charge is 0.350 e. The number of amides is 1. The number of carbonyl (C=O) groups is 1. The molecule has 1 amide bonds. The summed E-state index contributed by atoms with van der Waals surface area (Å²) in [6.45, 7) is 4.47. The van der Waals surface area contributed by atoms with Crippen molar-refractivity contribution >= 4 is 17.5 Å². The van der Waals surface area contributed by atoms with Gasteiger partial charge in [0.2, 0.25) is 0 Å². The van der Waals surface area contributed by atoms with Crippen molar-refractivity contribution in [3.8, 4) is 5.69 Å². The molecule has 1 atom stereocenters. The minimum absolute atomic E-state index is 0.158. The SMILES string of the molecule is Cc1nn(-c2ccccc2)c(Cl)c1C(=O)NC[C@H](c1ccccc1)N1CCCC1. The van der Waals surface area contributed by atoms with Gasteiger partial charge in [-0.2, -0.15) is 5.10 Å². The number of nitrogens with zero attached hydrogens (tertiary/aromatic N) is 3. The van der Waals surface area contributed by atoms with Crippen molar-refractivity contribution in [3.63, 3.8) is 0 Å². The van der Waals surface area contributed by atoms with Crippen molar-refractivity contribution in [2.45, 2.75) is 25.8 Å². The molecule has 0 saturated carbocycles. The summed E-state index contributed by atoms with van der Waals surface area (Å²) >= 11 is 6.55. The van der Waals surface area contributed by atoms with E-state index in [4.69, 9.17) is 11.6 Å². The van der Waals surface area contributed by atoms with E-state index in [1.807, 2.05) is 55.5 Å². The van der Waals surface area contributed by atoms with E-state index in [9.17, 15) is 4.79 Å². The highest BCUT2D eigenvalue weighted by Crippen LogP contribution is 2.26. The molecule has 1 aliphatic rings. The van der Waals surface area contributed by atoms with Gasteiger partial charge < -0.3 is 5.32 Å². The number of hydrogen-bond acceptors (Lipinski definition) is 3. The fourth-order valence-corrected chi connectivity index (χ4v) is 4.32. The number of aryl methyl sites for hydroxylation is 1. The maximum absolute atomic E-state index is 13.0. The van der Waals surface area contributed by atoms with Crippen molar-refractivity contribution in [2.24, 2.45) is 0 Å². The lowest BCUT2D eigenvalue weighted by molar-refractivity contribution is 0.0937. The lowest BCUT2D eigenvalue weighted by atomic mass is 10.1. The van der Waals surface area contributed by atoms with Gasteiger partial charge >= 0.3 is 0 Å². The zero-order valence-corrected chi connectivity index (χ0v) is 17.3. The Morgan fingerprint density at radius 1 is 1.07 bits per heavy atom. The van der Waals surface area contributed by atoms with Crippen LogP contribution >= 0.6 is 11.6 Å². The molecule has 1 fully saturated rings. The zero-order chi connectivity index (χ0) is 20.2. The summed E-state index contributed by atoms with van der Waals surface area (Å²) in [6, 6.07) is 20.1. The van der Waals surface area contributed by atoms with E-state index >= 15 is 0 Å². The number of rotatable bonds is 6. The van der Waals surface area contributed by atoms with E-state index in [1.165, 1.54) is 18.4 Å². The maximum Gasteiger partial charge on any atom is 0.256 e. The Kier molecular flexibility index (Phi) is 5.97. The summed E-state index contributed by atoms with van der Waals surface area (Å²) < 4.78 is 1.61. The fourth-order valence-electron chi connectivity index (χ4n) is 3.96. The Balaban J connectivity index is 1.53. The van der Waals surface area contributed by atoms with Crippen molar-refractivity contribution in [3.05, 3.63) is 82.6 Å². The van der Waals surface area contributed by atoms with Crippen LogP contribution in [0.2, 0.25) is 5.15 Å². The predicted octanol–water partition coefficient (Wildman–Crippen LogP) is 4.40. The predicted molar refractivity (Wildman–Crippen MR) is 116 cm³/mol. The molecule has 150 valence electrons. The third-order valence-electron chi connectivity index (χ3n) is 5.45. The summed E-state index contributed by atoms with van der Waals surface area (Å²) in [5.74, 6) is -0.185. The molecule has 2 aromatic carbocycles. The molecule has 0 bridgehead atoms. The van der Waals surface area contributed by atoms with Gasteiger partial charge in [-0.05, 0) is 50.6 Å². The Morgan fingerprint density at radius 2 is 1.69 bits per heavy atom. The monoisotopic (exact) mass is 408 g/mol. The Morgan fingerprint density at radius 3 is 2.34 bits per heavy atom. The second-order valence-electron chi connectivity index (χ2n) is 7.38. The quantitative estimate of drug-likeness (QED) is 0.657. The average molecular weight is 409 g/mol. The van der Waals surface area contributed by atoms with Crippen molar-refractivity contribution < 1.29 is 4.79 Å². The second kappa shape index (κ2) is 8.80. The van der Waals surface area contributed by atoms with Gasteiger partial charge in [0.25, 0.3) is 5.91 Å². The Labute approximate surface area is 176 Å². The molecule has 0 radical (unpaired) electrons. The first-order valence-corrected chi connectivity index (χ1v) is 10.4. The second-order valence-corrected chi connectivity index (χ2v) is 7.74. The van der Waals surface area contributed by atoms with Crippen molar-refractivity contribution in [1.29, 1.82) is 0 Å². The standard InChI is InChI=1S/C23H25ClN4O/c1-17-21(22(24)28(26-17)19-12-6-3-7-13-19)23(29)25-16-20(27-14-8-9-15-27)18-10-4-2-5-11-18/h2-7,10-13,20H,8-9,14-16H2,1H3,(H,25,29)/t20-/m1/s1. The van der Waals surface area contributed by atoms with Gasteiger partial charge in [-0.25, -0.2) is 4.68 Å². The Bertz CT molecular complexity index is 965. The lowest BCUT2D eigenvalue weighted by Gasteiger charge is -2.28. The molecule has 0 aliphatic carbocycles. The van der Waals surface area contributed by atoms with Crippen LogP contribution in [0.4, 0.5) is 0 Å². The molecule has 1 aromatic heterocycles. The van der Waals surface area contributed by atoms with Crippen LogP contribution in [0.3, 0.4) is 0 Å². The lowest BCUT2D eigenvalue weighted by Crippen LogP contribution is -2.37. The van der Waals surface area contributed by atoms with Crippen LogP contribution in [0.5, 0.6) is 0 Å². The van der Waals surface area contributed by atoms with Crippen LogP contribution in [0.15, 0.2) is 60.7 Å². The van der Waals surface area contributed by atoms with Crippen LogP contribution < -0.4 is 5.32 Å². The smallest absolute Gasteiger partial charge is 0.256 e. The molecule has 2 heterocycles. The molecule has 29 heavy (non-hydrogen) atoms. The number of aromatic nitrogens is 2. The molecule has 4 rings (SSSR count). The van der Waals surface area contributed by atoms with E-state index in [0.717, 1.165) is 18.8 Å². The van der Waals surface area contributed by atoms with Gasteiger partial charge in [0.05, 0.1) is 23.0 Å². The first-order chi connectivity index (χ1) is 14.1. The first-order valence-electron chi connectivity index (χ1n) is 10.0. The molecule has 5 nitrogen and oxygen atoms in total. The molecular formula is C23H25ClN4O. The van der Waals surface area contributed by atoms with Gasteiger partial charge in [-0.1, -0.05) is 60.1 Å². The summed E-state index contributed by atoms with van der Waals surface area (Å²) in [6.07, 6.45) is 2.40. The van der Waals surface area contributed by atoms with E-state index in [-0.39, 0.29) is 11.9 Å². The van der Waals surface area contributed by atoms with Gasteiger partial charge in [-0.15, -0.1) is 0 Å². The van der Waals surface area contributed by atoms with Crippen LogP contribution in [0, 0.1) is 6.92 Å². The number of hydrogen-bond donors (Lipinski definition) is 1. The minimum Gasteiger partial charge on any atom is -0.350 e. The summed E-state index contributed by atoms with van der Waals surface area (Å²) in [4.78, 5) is 15.5. The molecule has 1 saturated heterocycles. The molecule has 1 aliphatic heterocycles. The van der Waals surface area contributed by atoms with Gasteiger partial charge in [0.15, 0.2) is 0 Å². The van der Waals surface area contributed by atoms with E-state index in [1.54, 1.807) is 4.68 Å². The average Bonchev–Trinajstić information content (AvgIpc) is 3.38. The van der Waals surface area contributed by atoms with Crippen LogP contribution in [0.25, 0.3) is 5.69 Å². The highest BCUT2D eigenvalue weighted by molar-refractivity contribution is 6.33. The number of likely N-dealkylation sites (tertiary alicyclic amines) is 1. The van der Waals surface area contributed by atoms with E-state index < -0.39 is 0 Å². The number of para-hydroxylation sites is 1. The molecule has 0 unspecified atom stereocenters. The highest BCUT2D eigenvalue weighted by atomic mass is 35.5. The first kappa shape index (κ1) is 19.7.